The van der Waals surface area contributed by atoms with Crippen molar-refractivity contribution in [2.24, 2.45) is 0 Å². The molecule has 80 valence electrons. The van der Waals surface area contributed by atoms with Crippen LogP contribution >= 0.6 is 0 Å². The zero-order chi connectivity index (χ0) is 11.2. The maximum absolute atomic E-state index is 5.76. The monoisotopic (exact) mass is 220 g/mol. The minimum Gasteiger partial charge on any atom is -0.454 e. The van der Waals surface area contributed by atoms with Gasteiger partial charge in [0.2, 0.25) is 0 Å². The van der Waals surface area contributed by atoms with Gasteiger partial charge < -0.3 is 4.42 Å². The van der Waals surface area contributed by atoms with Gasteiger partial charge in [0.05, 0.1) is 10.9 Å². The van der Waals surface area contributed by atoms with Gasteiger partial charge in [-0.2, -0.15) is 0 Å². The Bertz CT molecular complexity index is 842. The van der Waals surface area contributed by atoms with Crippen molar-refractivity contribution < 1.29 is 4.42 Å². The minimum atomic E-state index is 0.812. The third-order valence-electron chi connectivity index (χ3n) is 2.95. The molecule has 0 N–H and O–H groups in total. The predicted molar refractivity (Wildman–Crippen MR) is 66.8 cm³/mol. The van der Waals surface area contributed by atoms with Gasteiger partial charge in [-0.3, -0.25) is 4.98 Å². The Balaban J connectivity index is 2.28. The van der Waals surface area contributed by atoms with Gasteiger partial charge in [-0.15, -0.1) is 0 Å². The average Bonchev–Trinajstić information content (AvgIpc) is 2.73. The summed E-state index contributed by atoms with van der Waals surface area (Å²) in [6, 6.07) is 11.9. The highest BCUT2D eigenvalue weighted by molar-refractivity contribution is 6.05. The Hall–Kier alpha value is -2.42. The lowest BCUT2D eigenvalue weighted by Crippen LogP contribution is -1.78. The molecule has 0 aliphatic carbocycles. The van der Waals surface area contributed by atoms with Crippen LogP contribution in [0, 0.1) is 0 Å². The van der Waals surface area contributed by atoms with E-state index in [0.29, 0.717) is 0 Å². The van der Waals surface area contributed by atoms with E-state index in [2.05, 4.69) is 9.97 Å². The lowest BCUT2D eigenvalue weighted by atomic mass is 10.2. The molecule has 4 rings (SSSR count). The van der Waals surface area contributed by atoms with E-state index in [1.54, 1.807) is 12.4 Å². The molecule has 3 heteroatoms. The summed E-state index contributed by atoms with van der Waals surface area (Å²) in [6.07, 6.45) is 3.52. The van der Waals surface area contributed by atoms with Gasteiger partial charge >= 0.3 is 0 Å². The molecule has 0 aliphatic heterocycles. The summed E-state index contributed by atoms with van der Waals surface area (Å²) >= 11 is 0. The van der Waals surface area contributed by atoms with Gasteiger partial charge in [-0.05, 0) is 18.2 Å². The van der Waals surface area contributed by atoms with Crippen molar-refractivity contribution in [3.05, 3.63) is 48.8 Å². The fourth-order valence-corrected chi connectivity index (χ4v) is 2.13. The summed E-state index contributed by atoms with van der Waals surface area (Å²) in [6.45, 7) is 0. The van der Waals surface area contributed by atoms with Crippen molar-refractivity contribution in [2.45, 2.75) is 0 Å². The largest absolute Gasteiger partial charge is 0.454 e. The van der Waals surface area contributed by atoms with Gasteiger partial charge in [0.25, 0.3) is 0 Å². The maximum Gasteiger partial charge on any atom is 0.154 e. The number of para-hydroxylation sites is 1. The van der Waals surface area contributed by atoms with E-state index in [4.69, 9.17) is 4.42 Å². The molecule has 0 radical (unpaired) electrons. The summed E-state index contributed by atoms with van der Waals surface area (Å²) in [4.78, 5) is 8.75. The summed E-state index contributed by atoms with van der Waals surface area (Å²) < 4.78 is 5.76. The quantitative estimate of drug-likeness (QED) is 0.455. The molecule has 0 fully saturated rings. The Morgan fingerprint density at radius 3 is 2.94 bits per heavy atom. The van der Waals surface area contributed by atoms with Crippen molar-refractivity contribution >= 4 is 33.0 Å². The fraction of sp³-hybridized carbons (Fsp3) is 0. The molecule has 3 nitrogen and oxygen atoms in total. The summed E-state index contributed by atoms with van der Waals surface area (Å²) in [7, 11) is 0. The number of nitrogens with zero attached hydrogens (tertiary/aromatic N) is 2. The lowest BCUT2D eigenvalue weighted by Gasteiger charge is -1.95. The lowest BCUT2D eigenvalue weighted by molar-refractivity contribution is 0.668. The molecule has 0 saturated carbocycles. The van der Waals surface area contributed by atoms with Crippen LogP contribution in [-0.2, 0) is 0 Å². The first kappa shape index (κ1) is 8.70. The van der Waals surface area contributed by atoms with E-state index in [0.717, 1.165) is 33.0 Å². The van der Waals surface area contributed by atoms with E-state index in [1.807, 2.05) is 36.4 Å². The zero-order valence-electron chi connectivity index (χ0n) is 8.92. The molecule has 0 unspecified atom stereocenters. The topological polar surface area (TPSA) is 38.9 Å². The van der Waals surface area contributed by atoms with Gasteiger partial charge in [-0.1, -0.05) is 18.2 Å². The van der Waals surface area contributed by atoms with Crippen LogP contribution in [0.15, 0.2) is 53.2 Å². The molecular formula is C14H8N2O. The SMILES string of the molecule is c1ccc2nc3c(cc2c1)oc1ccncc13. The first-order valence-electron chi connectivity index (χ1n) is 5.44. The summed E-state index contributed by atoms with van der Waals surface area (Å²) in [5, 5.41) is 2.06. The van der Waals surface area contributed by atoms with Crippen LogP contribution in [0.2, 0.25) is 0 Å². The average molecular weight is 220 g/mol. The number of hydrogen-bond donors (Lipinski definition) is 0. The number of fused-ring (bicyclic) bond motifs is 4. The van der Waals surface area contributed by atoms with E-state index < -0.39 is 0 Å². The van der Waals surface area contributed by atoms with Gasteiger partial charge in [0.1, 0.15) is 11.1 Å². The van der Waals surface area contributed by atoms with Crippen LogP contribution < -0.4 is 0 Å². The number of furan rings is 1. The zero-order valence-corrected chi connectivity index (χ0v) is 8.92. The molecule has 17 heavy (non-hydrogen) atoms. The van der Waals surface area contributed by atoms with Crippen LogP contribution in [0.1, 0.15) is 0 Å². The summed E-state index contributed by atoms with van der Waals surface area (Å²) in [5.41, 5.74) is 3.50. The first-order chi connectivity index (χ1) is 8.42. The Labute approximate surface area is 96.7 Å². The molecule has 1 aromatic carbocycles. The Morgan fingerprint density at radius 2 is 1.94 bits per heavy atom. The van der Waals surface area contributed by atoms with E-state index in [1.165, 1.54) is 0 Å². The van der Waals surface area contributed by atoms with Crippen molar-refractivity contribution in [1.82, 2.24) is 9.97 Å². The molecule has 0 spiro atoms. The smallest absolute Gasteiger partial charge is 0.154 e. The van der Waals surface area contributed by atoms with Crippen LogP contribution in [0.3, 0.4) is 0 Å². The molecular weight excluding hydrogens is 212 g/mol. The molecule has 0 aliphatic rings. The molecule has 0 amide bonds. The minimum absolute atomic E-state index is 0.812. The highest BCUT2D eigenvalue weighted by Gasteiger charge is 2.08. The number of hydrogen-bond acceptors (Lipinski definition) is 3. The van der Waals surface area contributed by atoms with Crippen molar-refractivity contribution in [1.29, 1.82) is 0 Å². The maximum atomic E-state index is 5.76. The van der Waals surface area contributed by atoms with Gasteiger partial charge in [-0.25, -0.2) is 4.98 Å². The van der Waals surface area contributed by atoms with E-state index in [-0.39, 0.29) is 0 Å². The third-order valence-corrected chi connectivity index (χ3v) is 2.95. The fourth-order valence-electron chi connectivity index (χ4n) is 2.13. The molecule has 0 bridgehead atoms. The van der Waals surface area contributed by atoms with E-state index in [9.17, 15) is 0 Å². The molecule has 3 aromatic heterocycles. The van der Waals surface area contributed by atoms with Crippen LogP contribution in [0.4, 0.5) is 0 Å². The van der Waals surface area contributed by atoms with Gasteiger partial charge in [0.15, 0.2) is 5.58 Å². The Morgan fingerprint density at radius 1 is 1.00 bits per heavy atom. The number of pyridine rings is 2. The number of benzene rings is 1. The second kappa shape index (κ2) is 3.04. The highest BCUT2D eigenvalue weighted by atomic mass is 16.3. The first-order valence-corrected chi connectivity index (χ1v) is 5.44. The van der Waals surface area contributed by atoms with Crippen LogP contribution in [0.25, 0.3) is 33.0 Å². The number of aromatic nitrogens is 2. The predicted octanol–water partition coefficient (Wildman–Crippen LogP) is 3.53. The van der Waals surface area contributed by atoms with Gasteiger partial charge in [0, 0.05) is 17.8 Å². The summed E-state index contributed by atoms with van der Waals surface area (Å²) in [5.74, 6) is 0. The molecule has 0 atom stereocenters. The highest BCUT2D eigenvalue weighted by Crippen LogP contribution is 2.28. The second-order valence-electron chi connectivity index (χ2n) is 4.00. The van der Waals surface area contributed by atoms with Crippen LogP contribution in [0.5, 0.6) is 0 Å². The van der Waals surface area contributed by atoms with Crippen molar-refractivity contribution in [3.63, 3.8) is 0 Å². The van der Waals surface area contributed by atoms with E-state index >= 15 is 0 Å². The van der Waals surface area contributed by atoms with Crippen LogP contribution in [-0.4, -0.2) is 9.97 Å². The second-order valence-corrected chi connectivity index (χ2v) is 4.00. The third kappa shape index (κ3) is 1.16. The molecule has 3 heterocycles. The number of rotatable bonds is 0. The molecule has 4 aromatic rings. The Kier molecular flexibility index (Phi) is 1.56. The van der Waals surface area contributed by atoms with Crippen molar-refractivity contribution in [3.8, 4) is 0 Å². The standard InChI is InChI=1S/C14H8N2O/c1-2-4-11-9(3-1)7-13-14(16-11)10-8-15-6-5-12(10)17-13/h1-8H. The molecule has 0 saturated heterocycles. The van der Waals surface area contributed by atoms with Crippen molar-refractivity contribution in [2.75, 3.05) is 0 Å². The normalized spacial score (nSPS) is 11.5.